The van der Waals surface area contributed by atoms with Gasteiger partial charge in [-0.3, -0.25) is 0 Å². The predicted octanol–water partition coefficient (Wildman–Crippen LogP) is 3.97. The molecule has 0 unspecified atom stereocenters. The van der Waals surface area contributed by atoms with Crippen molar-refractivity contribution in [3.63, 3.8) is 0 Å². The minimum Gasteiger partial charge on any atom is -0.478 e. The molecular weight excluding hydrogens is 278 g/mol. The second-order valence-corrected chi connectivity index (χ2v) is 6.43. The van der Waals surface area contributed by atoms with E-state index in [0.29, 0.717) is 24.4 Å². The van der Waals surface area contributed by atoms with Crippen LogP contribution in [0.3, 0.4) is 0 Å². The summed E-state index contributed by atoms with van der Waals surface area (Å²) in [5, 5.41) is 19.7. The van der Waals surface area contributed by atoms with E-state index >= 15 is 0 Å². The van der Waals surface area contributed by atoms with Crippen molar-refractivity contribution in [1.82, 2.24) is 4.57 Å². The maximum absolute atomic E-state index is 11.7. The molecule has 1 aromatic heterocycles. The first-order valence-corrected chi connectivity index (χ1v) is 7.87. The third-order valence-electron chi connectivity index (χ3n) is 4.10. The molecule has 0 aliphatic carbocycles. The number of aliphatic hydroxyl groups excluding tert-OH is 1. The molecule has 1 heterocycles. The first-order valence-electron chi connectivity index (χ1n) is 7.87. The largest absolute Gasteiger partial charge is 0.478 e. The molecule has 2 N–H and O–H groups in total. The molecule has 22 heavy (non-hydrogen) atoms. The number of nitrogens with zero attached hydrogens (tertiary/aromatic N) is 1. The predicted molar refractivity (Wildman–Crippen MR) is 88.8 cm³/mol. The Balaban J connectivity index is 2.79. The van der Waals surface area contributed by atoms with E-state index in [1.165, 1.54) is 0 Å². The van der Waals surface area contributed by atoms with Crippen LogP contribution in [0.1, 0.15) is 67.4 Å². The lowest BCUT2D eigenvalue weighted by Crippen LogP contribution is -2.05. The van der Waals surface area contributed by atoms with Gasteiger partial charge in [-0.25, -0.2) is 4.79 Å². The third-order valence-corrected chi connectivity index (χ3v) is 4.10. The molecule has 4 heteroatoms. The van der Waals surface area contributed by atoms with Gasteiger partial charge in [0.05, 0.1) is 11.1 Å². The molecule has 1 aromatic carbocycles. The Bertz CT molecular complexity index is 683. The zero-order chi connectivity index (χ0) is 16.4. The number of hydrogen-bond donors (Lipinski definition) is 2. The number of carboxylic acid groups (broad SMARTS) is 1. The number of rotatable bonds is 6. The molecule has 4 nitrogen and oxygen atoms in total. The van der Waals surface area contributed by atoms with Crippen molar-refractivity contribution in [3.05, 3.63) is 35.0 Å². The molecule has 0 aliphatic rings. The highest BCUT2D eigenvalue weighted by Crippen LogP contribution is 2.33. The van der Waals surface area contributed by atoms with Crippen molar-refractivity contribution in [1.29, 1.82) is 0 Å². The lowest BCUT2D eigenvalue weighted by molar-refractivity contribution is 0.0698. The van der Waals surface area contributed by atoms with Gasteiger partial charge in [-0.2, -0.15) is 0 Å². The number of benzene rings is 1. The van der Waals surface area contributed by atoms with Gasteiger partial charge >= 0.3 is 5.97 Å². The standard InChI is InChI=1S/C18H25NO3/c1-11(2)13-8-14-16(12(3)4)10-19(6-5-7-20)17(14)15(9-13)18(21)22/h8-12,20H,5-7H2,1-4H3,(H,21,22). The van der Waals surface area contributed by atoms with Crippen molar-refractivity contribution in [3.8, 4) is 0 Å². The maximum Gasteiger partial charge on any atom is 0.337 e. The van der Waals surface area contributed by atoms with Gasteiger partial charge in [0.1, 0.15) is 0 Å². The van der Waals surface area contributed by atoms with Crippen LogP contribution in [0, 0.1) is 0 Å². The number of fused-ring (bicyclic) bond motifs is 1. The molecule has 0 saturated carbocycles. The first-order chi connectivity index (χ1) is 10.4. The van der Waals surface area contributed by atoms with Crippen LogP contribution in [0.4, 0.5) is 0 Å². The number of hydrogen-bond acceptors (Lipinski definition) is 2. The number of carbonyl (C=O) groups is 1. The molecule has 0 saturated heterocycles. The van der Waals surface area contributed by atoms with E-state index in [1.54, 1.807) is 6.07 Å². The molecule has 0 bridgehead atoms. The van der Waals surface area contributed by atoms with Crippen LogP contribution >= 0.6 is 0 Å². The summed E-state index contributed by atoms with van der Waals surface area (Å²) in [6.07, 6.45) is 2.66. The Kier molecular flexibility index (Phi) is 4.91. The van der Waals surface area contributed by atoms with Crippen molar-refractivity contribution in [2.75, 3.05) is 6.61 Å². The molecule has 2 rings (SSSR count). The number of aromatic nitrogens is 1. The first kappa shape index (κ1) is 16.6. The lowest BCUT2D eigenvalue weighted by atomic mass is 9.94. The van der Waals surface area contributed by atoms with E-state index in [1.807, 2.05) is 10.8 Å². The van der Waals surface area contributed by atoms with Gasteiger partial charge in [-0.15, -0.1) is 0 Å². The Labute approximate surface area is 131 Å². The van der Waals surface area contributed by atoms with E-state index in [-0.39, 0.29) is 12.5 Å². The minimum atomic E-state index is -0.897. The van der Waals surface area contributed by atoms with E-state index < -0.39 is 5.97 Å². The molecule has 0 amide bonds. The lowest BCUT2D eigenvalue weighted by Gasteiger charge is -2.11. The van der Waals surface area contributed by atoms with Crippen LogP contribution in [0.15, 0.2) is 18.3 Å². The summed E-state index contributed by atoms with van der Waals surface area (Å²) in [7, 11) is 0. The molecule has 0 spiro atoms. The summed E-state index contributed by atoms with van der Waals surface area (Å²) >= 11 is 0. The summed E-state index contributed by atoms with van der Waals surface area (Å²) in [6.45, 7) is 9.11. The van der Waals surface area contributed by atoms with E-state index in [2.05, 4.69) is 33.8 Å². The molecule has 0 atom stereocenters. The highest BCUT2D eigenvalue weighted by molar-refractivity contribution is 6.04. The van der Waals surface area contributed by atoms with Crippen molar-refractivity contribution in [2.45, 2.75) is 52.5 Å². The Morgan fingerprint density at radius 3 is 2.36 bits per heavy atom. The van der Waals surface area contributed by atoms with Gasteiger partial charge in [-0.1, -0.05) is 27.7 Å². The monoisotopic (exact) mass is 303 g/mol. The average molecular weight is 303 g/mol. The number of aryl methyl sites for hydroxylation is 1. The fraction of sp³-hybridized carbons (Fsp3) is 0.500. The summed E-state index contributed by atoms with van der Waals surface area (Å²) in [6, 6.07) is 3.91. The van der Waals surface area contributed by atoms with Gasteiger partial charge in [0, 0.05) is 24.7 Å². The van der Waals surface area contributed by atoms with Crippen LogP contribution < -0.4 is 0 Å². The summed E-state index contributed by atoms with van der Waals surface area (Å²) < 4.78 is 1.98. The fourth-order valence-corrected chi connectivity index (χ4v) is 2.86. The summed E-state index contributed by atoms with van der Waals surface area (Å²) in [5.41, 5.74) is 3.34. The third kappa shape index (κ3) is 3.02. The molecule has 0 aliphatic heterocycles. The van der Waals surface area contributed by atoms with Gasteiger partial charge in [-0.05, 0) is 41.5 Å². The smallest absolute Gasteiger partial charge is 0.337 e. The van der Waals surface area contributed by atoms with Crippen LogP contribution in [0.25, 0.3) is 10.9 Å². The molecule has 0 radical (unpaired) electrons. The zero-order valence-corrected chi connectivity index (χ0v) is 13.8. The minimum absolute atomic E-state index is 0.100. The number of aliphatic hydroxyl groups is 1. The van der Waals surface area contributed by atoms with Crippen molar-refractivity contribution >= 4 is 16.9 Å². The van der Waals surface area contributed by atoms with Gasteiger partial charge < -0.3 is 14.8 Å². The Hall–Kier alpha value is -1.81. The van der Waals surface area contributed by atoms with Crippen LogP contribution in [0.5, 0.6) is 0 Å². The maximum atomic E-state index is 11.7. The Morgan fingerprint density at radius 2 is 1.86 bits per heavy atom. The Morgan fingerprint density at radius 1 is 1.18 bits per heavy atom. The van der Waals surface area contributed by atoms with Gasteiger partial charge in [0.15, 0.2) is 0 Å². The molecule has 120 valence electrons. The second-order valence-electron chi connectivity index (χ2n) is 6.43. The van der Waals surface area contributed by atoms with E-state index in [4.69, 9.17) is 5.11 Å². The van der Waals surface area contributed by atoms with Crippen LogP contribution in [-0.4, -0.2) is 27.4 Å². The highest BCUT2D eigenvalue weighted by Gasteiger charge is 2.20. The van der Waals surface area contributed by atoms with Crippen molar-refractivity contribution in [2.24, 2.45) is 0 Å². The van der Waals surface area contributed by atoms with Crippen LogP contribution in [0.2, 0.25) is 0 Å². The average Bonchev–Trinajstić information content (AvgIpc) is 2.82. The summed E-state index contributed by atoms with van der Waals surface area (Å²) in [5.74, 6) is -0.295. The quantitative estimate of drug-likeness (QED) is 0.848. The van der Waals surface area contributed by atoms with Gasteiger partial charge in [0.25, 0.3) is 0 Å². The van der Waals surface area contributed by atoms with Crippen LogP contribution in [-0.2, 0) is 6.54 Å². The van der Waals surface area contributed by atoms with Crippen molar-refractivity contribution < 1.29 is 15.0 Å². The fourth-order valence-electron chi connectivity index (χ4n) is 2.86. The number of aromatic carboxylic acids is 1. The molecular formula is C18H25NO3. The normalized spacial score (nSPS) is 11.8. The highest BCUT2D eigenvalue weighted by atomic mass is 16.4. The molecule has 0 fully saturated rings. The topological polar surface area (TPSA) is 62.5 Å². The van der Waals surface area contributed by atoms with E-state index in [9.17, 15) is 9.90 Å². The summed E-state index contributed by atoms with van der Waals surface area (Å²) in [4.78, 5) is 11.7. The van der Waals surface area contributed by atoms with Gasteiger partial charge in [0.2, 0.25) is 0 Å². The number of carboxylic acids is 1. The van der Waals surface area contributed by atoms with E-state index in [0.717, 1.165) is 22.0 Å². The second kappa shape index (κ2) is 6.53. The zero-order valence-electron chi connectivity index (χ0n) is 13.8. The molecule has 2 aromatic rings. The SMILES string of the molecule is CC(C)c1cc(C(=O)O)c2c(c1)c(C(C)C)cn2CCCO.